The fraction of sp³-hybridized carbons (Fsp3) is 0.263. The van der Waals surface area contributed by atoms with Crippen LogP contribution in [0, 0.1) is 0 Å². The molecule has 26 heavy (non-hydrogen) atoms. The topological polar surface area (TPSA) is 67.4 Å². The Bertz CT molecular complexity index is 759. The maximum atomic E-state index is 12.1. The maximum absolute atomic E-state index is 12.1. The van der Waals surface area contributed by atoms with E-state index < -0.39 is 6.10 Å². The van der Waals surface area contributed by atoms with Gasteiger partial charge in [0.05, 0.1) is 0 Å². The third kappa shape index (κ3) is 5.24. The Morgan fingerprint density at radius 1 is 1.08 bits per heavy atom. The first-order valence-electron chi connectivity index (χ1n) is 8.31. The van der Waals surface area contributed by atoms with Gasteiger partial charge in [-0.1, -0.05) is 23.7 Å². The summed E-state index contributed by atoms with van der Waals surface area (Å²) in [5, 5.41) is 0.719. The van der Waals surface area contributed by atoms with Gasteiger partial charge in [-0.05, 0) is 54.8 Å². The summed E-state index contributed by atoms with van der Waals surface area (Å²) in [5.74, 6) is 0.124. The van der Waals surface area contributed by atoms with Crippen molar-refractivity contribution >= 4 is 35.2 Å². The summed E-state index contributed by atoms with van der Waals surface area (Å²) in [7, 11) is 0. The average Bonchev–Trinajstić information content (AvgIpc) is 3.21. The largest absolute Gasteiger partial charge is 0.368 e. The molecule has 2 aromatic carbocycles. The highest BCUT2D eigenvalue weighted by atomic mass is 35.5. The monoisotopic (exact) mass is 390 g/mol. The molecule has 0 saturated carbocycles. The van der Waals surface area contributed by atoms with Gasteiger partial charge in [0, 0.05) is 27.8 Å². The van der Waals surface area contributed by atoms with E-state index in [1.807, 2.05) is 36.4 Å². The highest BCUT2D eigenvalue weighted by Crippen LogP contribution is 2.24. The Labute approximate surface area is 161 Å². The molecule has 3 rings (SSSR count). The van der Waals surface area contributed by atoms with Crippen LogP contribution in [0.2, 0.25) is 5.02 Å². The number of hydrazine groups is 1. The van der Waals surface area contributed by atoms with Crippen molar-refractivity contribution in [3.05, 3.63) is 64.7 Å². The van der Waals surface area contributed by atoms with Crippen molar-refractivity contribution in [1.29, 1.82) is 0 Å². The van der Waals surface area contributed by atoms with Crippen LogP contribution in [0.1, 0.15) is 28.8 Å². The van der Waals surface area contributed by atoms with Crippen LogP contribution in [0.4, 0.5) is 0 Å². The minimum Gasteiger partial charge on any atom is -0.368 e. The van der Waals surface area contributed by atoms with E-state index >= 15 is 0 Å². The van der Waals surface area contributed by atoms with Crippen molar-refractivity contribution in [2.75, 3.05) is 6.61 Å². The Morgan fingerprint density at radius 3 is 2.46 bits per heavy atom. The molecule has 2 amide bonds. The summed E-state index contributed by atoms with van der Waals surface area (Å²) in [6.45, 7) is 0.585. The zero-order chi connectivity index (χ0) is 18.4. The predicted octanol–water partition coefficient (Wildman–Crippen LogP) is 3.57. The van der Waals surface area contributed by atoms with Crippen LogP contribution in [-0.2, 0) is 15.3 Å². The van der Waals surface area contributed by atoms with Crippen LogP contribution in [0.15, 0.2) is 53.4 Å². The van der Waals surface area contributed by atoms with Crippen LogP contribution in [0.3, 0.4) is 0 Å². The van der Waals surface area contributed by atoms with Gasteiger partial charge in [0.1, 0.15) is 6.10 Å². The first-order chi connectivity index (χ1) is 12.6. The second-order valence-electron chi connectivity index (χ2n) is 5.88. The number of ether oxygens (including phenoxy) is 1. The summed E-state index contributed by atoms with van der Waals surface area (Å²) in [4.78, 5) is 25.0. The smallest absolute Gasteiger partial charge is 0.269 e. The number of carbonyl (C=O) groups is 2. The first kappa shape index (κ1) is 18.8. The van der Waals surface area contributed by atoms with Gasteiger partial charge < -0.3 is 4.74 Å². The lowest BCUT2D eigenvalue weighted by atomic mass is 10.1. The Kier molecular flexibility index (Phi) is 6.55. The number of hydrogen-bond acceptors (Lipinski definition) is 4. The number of rotatable bonds is 5. The average molecular weight is 391 g/mol. The Balaban J connectivity index is 1.47. The predicted molar refractivity (Wildman–Crippen MR) is 102 cm³/mol. The lowest BCUT2D eigenvalue weighted by Gasteiger charge is -2.11. The number of amides is 2. The van der Waals surface area contributed by atoms with Gasteiger partial charge in [-0.25, -0.2) is 0 Å². The van der Waals surface area contributed by atoms with Gasteiger partial charge in [0.15, 0.2) is 0 Å². The minimum absolute atomic E-state index is 0.313. The normalized spacial score (nSPS) is 16.3. The van der Waals surface area contributed by atoms with Crippen LogP contribution in [0.25, 0.3) is 0 Å². The molecule has 1 heterocycles. The molecule has 2 N–H and O–H groups in total. The number of halogens is 1. The molecule has 7 heteroatoms. The van der Waals surface area contributed by atoms with E-state index in [2.05, 4.69) is 10.9 Å². The van der Waals surface area contributed by atoms with Gasteiger partial charge >= 0.3 is 0 Å². The van der Waals surface area contributed by atoms with E-state index in [-0.39, 0.29) is 11.8 Å². The quantitative estimate of drug-likeness (QED) is 0.605. The van der Waals surface area contributed by atoms with E-state index in [1.165, 1.54) is 0 Å². The van der Waals surface area contributed by atoms with E-state index in [1.54, 1.807) is 23.9 Å². The molecular weight excluding hydrogens is 372 g/mol. The maximum Gasteiger partial charge on any atom is 0.269 e. The minimum atomic E-state index is -0.470. The van der Waals surface area contributed by atoms with E-state index in [4.69, 9.17) is 16.3 Å². The molecule has 1 saturated heterocycles. The number of benzene rings is 2. The second kappa shape index (κ2) is 9.07. The number of hydrogen-bond donors (Lipinski definition) is 2. The summed E-state index contributed by atoms with van der Waals surface area (Å²) < 4.78 is 5.27. The molecule has 0 aliphatic carbocycles. The fourth-order valence-corrected chi connectivity index (χ4v) is 3.49. The van der Waals surface area contributed by atoms with E-state index in [9.17, 15) is 9.59 Å². The SMILES string of the molecule is O=C(NNC(=O)C1CCCO1)c1ccc(CSc2ccc(Cl)cc2)cc1. The van der Waals surface area contributed by atoms with E-state index in [0.29, 0.717) is 18.6 Å². The van der Waals surface area contributed by atoms with Crippen molar-refractivity contribution < 1.29 is 14.3 Å². The molecule has 0 spiro atoms. The molecule has 5 nitrogen and oxygen atoms in total. The highest BCUT2D eigenvalue weighted by Gasteiger charge is 2.23. The summed E-state index contributed by atoms with van der Waals surface area (Å²) in [6, 6.07) is 15.0. The standard InChI is InChI=1S/C19H19ClN2O3S/c20-15-7-9-16(10-8-15)26-12-13-3-5-14(6-4-13)18(23)21-22-19(24)17-2-1-11-25-17/h3-10,17H,1-2,11-12H2,(H,21,23)(H,22,24). The van der Waals surface area contributed by atoms with Crippen molar-refractivity contribution in [1.82, 2.24) is 10.9 Å². The summed E-state index contributed by atoms with van der Waals surface area (Å²) in [5.41, 5.74) is 6.42. The molecule has 0 bridgehead atoms. The molecule has 1 fully saturated rings. The van der Waals surface area contributed by atoms with Crippen LogP contribution < -0.4 is 10.9 Å². The number of thioether (sulfide) groups is 1. The van der Waals surface area contributed by atoms with Gasteiger partial charge in [-0.3, -0.25) is 20.4 Å². The molecule has 2 aromatic rings. The number of carbonyl (C=O) groups excluding carboxylic acids is 2. The van der Waals surface area contributed by atoms with Gasteiger partial charge in [-0.2, -0.15) is 0 Å². The van der Waals surface area contributed by atoms with Crippen LogP contribution in [0.5, 0.6) is 0 Å². The van der Waals surface area contributed by atoms with Crippen molar-refractivity contribution in [3.8, 4) is 0 Å². The Morgan fingerprint density at radius 2 is 1.81 bits per heavy atom. The van der Waals surface area contributed by atoms with E-state index in [0.717, 1.165) is 27.7 Å². The summed E-state index contributed by atoms with van der Waals surface area (Å²) in [6.07, 6.45) is 1.08. The third-order valence-corrected chi connectivity index (χ3v) is 5.29. The zero-order valence-electron chi connectivity index (χ0n) is 14.0. The lowest BCUT2D eigenvalue weighted by Crippen LogP contribution is -2.46. The lowest BCUT2D eigenvalue weighted by molar-refractivity contribution is -0.130. The van der Waals surface area contributed by atoms with Crippen LogP contribution in [-0.4, -0.2) is 24.5 Å². The molecule has 1 unspecified atom stereocenters. The molecule has 0 aromatic heterocycles. The van der Waals surface area contributed by atoms with Gasteiger partial charge in [-0.15, -0.1) is 11.8 Å². The third-order valence-electron chi connectivity index (χ3n) is 3.96. The van der Waals surface area contributed by atoms with Crippen molar-refractivity contribution in [2.24, 2.45) is 0 Å². The fourth-order valence-electron chi connectivity index (χ4n) is 2.51. The summed E-state index contributed by atoms with van der Waals surface area (Å²) >= 11 is 7.57. The van der Waals surface area contributed by atoms with Crippen LogP contribution >= 0.6 is 23.4 Å². The molecule has 0 radical (unpaired) electrons. The van der Waals surface area contributed by atoms with Crippen molar-refractivity contribution in [3.63, 3.8) is 0 Å². The molecular formula is C19H19ClN2O3S. The zero-order valence-corrected chi connectivity index (χ0v) is 15.6. The van der Waals surface area contributed by atoms with Gasteiger partial charge in [0.2, 0.25) is 0 Å². The highest BCUT2D eigenvalue weighted by molar-refractivity contribution is 7.98. The molecule has 1 aliphatic rings. The van der Waals surface area contributed by atoms with Crippen molar-refractivity contribution in [2.45, 2.75) is 29.6 Å². The molecule has 136 valence electrons. The Hall–Kier alpha value is -2.02. The second-order valence-corrected chi connectivity index (χ2v) is 7.37. The molecule has 1 aliphatic heterocycles. The first-order valence-corrected chi connectivity index (χ1v) is 9.67. The van der Waals surface area contributed by atoms with Gasteiger partial charge in [0.25, 0.3) is 11.8 Å². The molecule has 1 atom stereocenters. The number of nitrogens with one attached hydrogen (secondary N) is 2.